The molecule has 3 heterocycles. The second-order valence-corrected chi connectivity index (χ2v) is 8.21. The predicted octanol–water partition coefficient (Wildman–Crippen LogP) is 5.14. The van der Waals surface area contributed by atoms with Gasteiger partial charge in [0.25, 0.3) is 0 Å². The Labute approximate surface area is 186 Å². The molecule has 4 aromatic rings. The van der Waals surface area contributed by atoms with Crippen molar-refractivity contribution in [1.82, 2.24) is 29.3 Å². The molecule has 8 heteroatoms. The molecule has 0 bridgehead atoms. The molecule has 32 heavy (non-hydrogen) atoms. The van der Waals surface area contributed by atoms with Gasteiger partial charge in [-0.1, -0.05) is 0 Å². The lowest BCUT2D eigenvalue weighted by molar-refractivity contribution is 0.532. The van der Waals surface area contributed by atoms with Crippen molar-refractivity contribution in [3.8, 4) is 22.6 Å². The molecule has 1 aromatic carbocycles. The molecule has 0 fully saturated rings. The number of rotatable bonds is 8. The number of imidazole rings is 1. The van der Waals surface area contributed by atoms with Crippen LogP contribution in [0.3, 0.4) is 0 Å². The minimum Gasteiger partial charge on any atom is -0.326 e. The average Bonchev–Trinajstić information content (AvgIpc) is 3.42. The fourth-order valence-electron chi connectivity index (χ4n) is 3.72. The monoisotopic (exact) mass is 431 g/mol. The van der Waals surface area contributed by atoms with Crippen LogP contribution >= 0.6 is 0 Å². The van der Waals surface area contributed by atoms with E-state index < -0.39 is 0 Å². The number of hydrogen-bond donors (Lipinski definition) is 1. The molecule has 0 aliphatic heterocycles. The lowest BCUT2D eigenvalue weighted by atomic mass is 10.0. The zero-order chi connectivity index (χ0) is 22.7. The Kier molecular flexibility index (Phi) is 6.20. The second kappa shape index (κ2) is 9.21. The normalized spacial score (nSPS) is 12.3. The zero-order valence-corrected chi connectivity index (χ0v) is 18.4. The van der Waals surface area contributed by atoms with E-state index in [0.717, 1.165) is 28.2 Å². The molecular formula is C24H26FN7. The van der Waals surface area contributed by atoms with E-state index in [1.165, 1.54) is 18.5 Å². The Morgan fingerprint density at radius 2 is 1.88 bits per heavy atom. The third-order valence-corrected chi connectivity index (χ3v) is 5.35. The van der Waals surface area contributed by atoms with Crippen LogP contribution in [0.1, 0.15) is 44.8 Å². The van der Waals surface area contributed by atoms with Crippen LogP contribution < -0.4 is 0 Å². The fraction of sp³-hybridized carbons (Fsp3) is 0.292. The maximum atomic E-state index is 13.5. The molecular weight excluding hydrogens is 405 g/mol. The van der Waals surface area contributed by atoms with Crippen LogP contribution in [0.15, 0.2) is 61.6 Å². The highest BCUT2D eigenvalue weighted by Gasteiger charge is 2.20. The molecule has 164 valence electrons. The summed E-state index contributed by atoms with van der Waals surface area (Å²) in [6.45, 7) is 6.22. The van der Waals surface area contributed by atoms with Gasteiger partial charge >= 0.3 is 0 Å². The van der Waals surface area contributed by atoms with Gasteiger partial charge in [0, 0.05) is 48.6 Å². The summed E-state index contributed by atoms with van der Waals surface area (Å²) in [5.41, 5.74) is 4.74. The molecule has 0 radical (unpaired) electrons. The first-order chi connectivity index (χ1) is 15.4. The lowest BCUT2D eigenvalue weighted by Crippen LogP contribution is -2.13. The lowest BCUT2D eigenvalue weighted by Gasteiger charge is -2.17. The van der Waals surface area contributed by atoms with Crippen LogP contribution in [0.2, 0.25) is 0 Å². The third kappa shape index (κ3) is 4.64. The molecule has 7 nitrogen and oxygen atoms in total. The Morgan fingerprint density at radius 1 is 1.09 bits per heavy atom. The van der Waals surface area contributed by atoms with Gasteiger partial charge in [-0.25, -0.2) is 19.3 Å². The number of nitrogens with one attached hydrogen (secondary N) is 1. The predicted molar refractivity (Wildman–Crippen MR) is 122 cm³/mol. The van der Waals surface area contributed by atoms with Gasteiger partial charge < -0.3 is 9.98 Å². The maximum absolute atomic E-state index is 13.5. The quantitative estimate of drug-likeness (QED) is 0.392. The van der Waals surface area contributed by atoms with Crippen molar-refractivity contribution in [3.63, 3.8) is 0 Å². The van der Waals surface area contributed by atoms with Crippen LogP contribution in [0.4, 0.5) is 4.39 Å². The number of nitrogens with zero attached hydrogens (tertiary/aromatic N) is 6. The molecule has 1 unspecified atom stereocenters. The molecule has 0 aliphatic rings. The van der Waals surface area contributed by atoms with E-state index in [1.54, 1.807) is 24.7 Å². The standard InChI is InChI=1S/C24H26FN7/c1-16(2)32-13-18(12-30-32)11-21(26)10-17(3)31-15-29-23(19-4-6-20(25)7-5-19)24(31)22-8-9-27-14-28-22/h4-9,12-17,26H,10-11H2,1-3H3. The van der Waals surface area contributed by atoms with Gasteiger partial charge in [-0.2, -0.15) is 5.10 Å². The van der Waals surface area contributed by atoms with Gasteiger partial charge in [-0.3, -0.25) is 4.68 Å². The Bertz CT molecular complexity index is 1190. The topological polar surface area (TPSA) is 85.3 Å². The smallest absolute Gasteiger partial charge is 0.123 e. The molecule has 3 aromatic heterocycles. The average molecular weight is 432 g/mol. The van der Waals surface area contributed by atoms with E-state index in [9.17, 15) is 4.39 Å². The molecule has 4 rings (SSSR count). The van der Waals surface area contributed by atoms with Crippen LogP contribution in [0.25, 0.3) is 22.6 Å². The third-order valence-electron chi connectivity index (χ3n) is 5.35. The highest BCUT2D eigenvalue weighted by atomic mass is 19.1. The summed E-state index contributed by atoms with van der Waals surface area (Å²) in [7, 11) is 0. The summed E-state index contributed by atoms with van der Waals surface area (Å²) in [5.74, 6) is -0.292. The van der Waals surface area contributed by atoms with E-state index in [-0.39, 0.29) is 11.9 Å². The van der Waals surface area contributed by atoms with Gasteiger partial charge in [0.2, 0.25) is 0 Å². The molecule has 1 atom stereocenters. The summed E-state index contributed by atoms with van der Waals surface area (Å²) in [6, 6.07) is 8.39. The Morgan fingerprint density at radius 3 is 2.53 bits per heavy atom. The van der Waals surface area contributed by atoms with Gasteiger partial charge in [-0.05, 0) is 56.7 Å². The summed E-state index contributed by atoms with van der Waals surface area (Å²) < 4.78 is 17.4. The second-order valence-electron chi connectivity index (χ2n) is 8.21. The van der Waals surface area contributed by atoms with Crippen molar-refractivity contribution in [3.05, 3.63) is 73.0 Å². The number of halogens is 1. The van der Waals surface area contributed by atoms with Crippen molar-refractivity contribution in [2.45, 2.75) is 45.7 Å². The first-order valence-corrected chi connectivity index (χ1v) is 10.6. The van der Waals surface area contributed by atoms with Crippen molar-refractivity contribution >= 4 is 5.71 Å². The first-order valence-electron chi connectivity index (χ1n) is 10.6. The van der Waals surface area contributed by atoms with Crippen LogP contribution in [-0.4, -0.2) is 35.0 Å². The molecule has 1 N–H and O–H groups in total. The molecule has 0 aliphatic carbocycles. The maximum Gasteiger partial charge on any atom is 0.123 e. The van der Waals surface area contributed by atoms with Crippen LogP contribution in [-0.2, 0) is 6.42 Å². The van der Waals surface area contributed by atoms with Gasteiger partial charge in [0.05, 0.1) is 29.6 Å². The van der Waals surface area contributed by atoms with Crippen LogP contribution in [0.5, 0.6) is 0 Å². The van der Waals surface area contributed by atoms with E-state index >= 15 is 0 Å². The van der Waals surface area contributed by atoms with E-state index in [1.807, 2.05) is 27.7 Å². The van der Waals surface area contributed by atoms with Crippen molar-refractivity contribution in [1.29, 1.82) is 5.41 Å². The minimum absolute atomic E-state index is 0.0192. The summed E-state index contributed by atoms with van der Waals surface area (Å²) in [4.78, 5) is 13.1. The highest BCUT2D eigenvalue weighted by Crippen LogP contribution is 2.33. The molecule has 0 amide bonds. The van der Waals surface area contributed by atoms with Crippen LogP contribution in [0, 0.1) is 11.2 Å². The van der Waals surface area contributed by atoms with Gasteiger partial charge in [0.15, 0.2) is 0 Å². The van der Waals surface area contributed by atoms with Gasteiger partial charge in [0.1, 0.15) is 12.1 Å². The van der Waals surface area contributed by atoms with E-state index in [4.69, 9.17) is 5.41 Å². The van der Waals surface area contributed by atoms with E-state index in [2.05, 4.69) is 40.8 Å². The molecule has 0 saturated heterocycles. The first kappa shape index (κ1) is 21.5. The summed E-state index contributed by atoms with van der Waals surface area (Å²) in [6.07, 6.45) is 9.90. The Balaban J connectivity index is 1.60. The number of aromatic nitrogens is 6. The number of benzene rings is 1. The largest absolute Gasteiger partial charge is 0.326 e. The van der Waals surface area contributed by atoms with Crippen molar-refractivity contribution < 1.29 is 4.39 Å². The Hall–Kier alpha value is -3.68. The highest BCUT2D eigenvalue weighted by molar-refractivity contribution is 5.84. The SMILES string of the molecule is CC(C)n1cc(CC(=N)CC(C)n2cnc(-c3ccc(F)cc3)c2-c2ccncn2)cn1. The zero-order valence-electron chi connectivity index (χ0n) is 18.4. The number of hydrogen-bond acceptors (Lipinski definition) is 5. The van der Waals surface area contributed by atoms with Gasteiger partial charge in [-0.15, -0.1) is 0 Å². The summed E-state index contributed by atoms with van der Waals surface area (Å²) in [5, 5.41) is 12.9. The molecule has 0 spiro atoms. The molecule has 0 saturated carbocycles. The minimum atomic E-state index is -0.292. The van der Waals surface area contributed by atoms with Crippen molar-refractivity contribution in [2.24, 2.45) is 0 Å². The fourth-order valence-corrected chi connectivity index (χ4v) is 3.72. The summed E-state index contributed by atoms with van der Waals surface area (Å²) >= 11 is 0. The van der Waals surface area contributed by atoms with Crippen molar-refractivity contribution in [2.75, 3.05) is 0 Å². The van der Waals surface area contributed by atoms with E-state index in [0.29, 0.717) is 24.6 Å².